The Morgan fingerprint density at radius 3 is 2.50 bits per heavy atom. The average molecular weight is 397 g/mol. The van der Waals surface area contributed by atoms with Crippen LogP contribution in [-0.2, 0) is 14.8 Å². The minimum Gasteiger partial charge on any atom is -0.379 e. The number of nitrogens with two attached hydrogens (primary N) is 1. The molecule has 0 unspecified atom stereocenters. The standard InChI is InChI=1S/C14H15N5O5S2/c15-11(20)9-8-10(26(22,23)19-4-6-24-7-5-19)25-14(9)18-13(21)12-16-2-1-3-17-12/h1-3,8H,4-7H2,(H2,15,20)(H,18,21). The summed E-state index contributed by atoms with van der Waals surface area (Å²) >= 11 is 0.753. The second-order valence-corrected chi connectivity index (χ2v) is 8.43. The van der Waals surface area contributed by atoms with Gasteiger partial charge in [-0.3, -0.25) is 9.59 Å². The molecule has 10 nitrogen and oxygen atoms in total. The molecule has 1 aliphatic rings. The van der Waals surface area contributed by atoms with E-state index in [4.69, 9.17) is 10.5 Å². The Labute approximate surface area is 153 Å². The highest BCUT2D eigenvalue weighted by Crippen LogP contribution is 2.33. The Hall–Kier alpha value is -2.41. The lowest BCUT2D eigenvalue weighted by molar-refractivity contribution is 0.0731. The van der Waals surface area contributed by atoms with Crippen LogP contribution in [0.25, 0.3) is 0 Å². The molecule has 2 amide bonds. The van der Waals surface area contributed by atoms with Crippen molar-refractivity contribution in [3.63, 3.8) is 0 Å². The Balaban J connectivity index is 1.91. The van der Waals surface area contributed by atoms with Crippen molar-refractivity contribution in [2.75, 3.05) is 31.6 Å². The molecule has 3 rings (SSSR count). The molecule has 26 heavy (non-hydrogen) atoms. The molecule has 1 fully saturated rings. The SMILES string of the molecule is NC(=O)c1cc(S(=O)(=O)N2CCOCC2)sc1NC(=O)c1ncccn1. The second-order valence-electron chi connectivity index (χ2n) is 5.22. The van der Waals surface area contributed by atoms with Crippen molar-refractivity contribution in [3.8, 4) is 0 Å². The summed E-state index contributed by atoms with van der Waals surface area (Å²) in [6.07, 6.45) is 2.78. The van der Waals surface area contributed by atoms with Gasteiger partial charge in [-0.15, -0.1) is 11.3 Å². The minimum absolute atomic E-state index is 0.0294. The third kappa shape index (κ3) is 3.72. The summed E-state index contributed by atoms with van der Waals surface area (Å²) in [5.41, 5.74) is 5.23. The average Bonchev–Trinajstić information content (AvgIpc) is 3.08. The Kier molecular flexibility index (Phi) is 5.27. The normalized spacial score (nSPS) is 15.5. The van der Waals surface area contributed by atoms with Crippen LogP contribution in [0.5, 0.6) is 0 Å². The van der Waals surface area contributed by atoms with E-state index in [-0.39, 0.29) is 33.7 Å². The van der Waals surface area contributed by atoms with Crippen molar-refractivity contribution in [3.05, 3.63) is 35.9 Å². The zero-order valence-electron chi connectivity index (χ0n) is 13.4. The van der Waals surface area contributed by atoms with Crippen molar-refractivity contribution >= 4 is 38.2 Å². The van der Waals surface area contributed by atoms with Crippen LogP contribution in [0.1, 0.15) is 21.0 Å². The molecule has 0 saturated carbocycles. The molecule has 138 valence electrons. The maximum Gasteiger partial charge on any atom is 0.294 e. The highest BCUT2D eigenvalue weighted by atomic mass is 32.2. The molecule has 1 saturated heterocycles. The van der Waals surface area contributed by atoms with Gasteiger partial charge in [-0.05, 0) is 12.1 Å². The van der Waals surface area contributed by atoms with Crippen LogP contribution in [0.2, 0.25) is 0 Å². The molecule has 2 aromatic heterocycles. The first-order valence-corrected chi connectivity index (χ1v) is 9.75. The molecule has 2 aromatic rings. The summed E-state index contributed by atoms with van der Waals surface area (Å²) in [5.74, 6) is -1.65. The third-order valence-corrected chi connectivity index (χ3v) is 6.93. The van der Waals surface area contributed by atoms with Gasteiger partial charge in [0.15, 0.2) is 0 Å². The van der Waals surface area contributed by atoms with E-state index < -0.39 is 21.8 Å². The van der Waals surface area contributed by atoms with Crippen molar-refractivity contribution in [1.29, 1.82) is 0 Å². The Bertz CT molecular complexity index is 922. The number of hydrogen-bond acceptors (Lipinski definition) is 8. The highest BCUT2D eigenvalue weighted by molar-refractivity contribution is 7.91. The monoisotopic (exact) mass is 397 g/mol. The van der Waals surface area contributed by atoms with Gasteiger partial charge >= 0.3 is 0 Å². The van der Waals surface area contributed by atoms with Gasteiger partial charge in [0.1, 0.15) is 9.21 Å². The van der Waals surface area contributed by atoms with E-state index in [0.717, 1.165) is 11.3 Å². The second kappa shape index (κ2) is 7.45. The van der Waals surface area contributed by atoms with Gasteiger partial charge in [0.25, 0.3) is 21.8 Å². The van der Waals surface area contributed by atoms with E-state index in [9.17, 15) is 18.0 Å². The first-order chi connectivity index (χ1) is 12.4. The van der Waals surface area contributed by atoms with Gasteiger partial charge in [-0.1, -0.05) is 0 Å². The topological polar surface area (TPSA) is 145 Å². The maximum atomic E-state index is 12.7. The first kappa shape index (κ1) is 18.4. The number of carbonyl (C=O) groups excluding carboxylic acids is 2. The fraction of sp³-hybridized carbons (Fsp3) is 0.286. The van der Waals surface area contributed by atoms with Gasteiger partial charge in [0, 0.05) is 25.5 Å². The molecule has 0 aromatic carbocycles. The Morgan fingerprint density at radius 1 is 1.23 bits per heavy atom. The predicted octanol–water partition coefficient (Wildman–Crippen LogP) is -0.0898. The number of hydrogen-bond donors (Lipinski definition) is 2. The number of anilines is 1. The molecule has 3 N–H and O–H groups in total. The molecule has 0 bridgehead atoms. The molecular weight excluding hydrogens is 382 g/mol. The molecule has 3 heterocycles. The number of aromatic nitrogens is 2. The lowest BCUT2D eigenvalue weighted by Crippen LogP contribution is -2.40. The molecular formula is C14H15N5O5S2. The number of sulfonamides is 1. The lowest BCUT2D eigenvalue weighted by Gasteiger charge is -2.25. The summed E-state index contributed by atoms with van der Waals surface area (Å²) < 4.78 is 31.8. The zero-order chi connectivity index (χ0) is 18.7. The van der Waals surface area contributed by atoms with Crippen LogP contribution in [0.15, 0.2) is 28.7 Å². The number of ether oxygens (including phenoxy) is 1. The van der Waals surface area contributed by atoms with Crippen molar-refractivity contribution < 1.29 is 22.7 Å². The summed E-state index contributed by atoms with van der Waals surface area (Å²) in [7, 11) is -3.82. The van der Waals surface area contributed by atoms with Crippen LogP contribution in [-0.4, -0.2) is 60.8 Å². The molecule has 0 aliphatic carbocycles. The molecule has 1 aliphatic heterocycles. The van der Waals surface area contributed by atoms with Gasteiger partial charge in [0.05, 0.1) is 18.8 Å². The number of thiophene rings is 1. The number of nitrogens with zero attached hydrogens (tertiary/aromatic N) is 3. The maximum absolute atomic E-state index is 12.7. The number of nitrogens with one attached hydrogen (secondary N) is 1. The minimum atomic E-state index is -3.82. The fourth-order valence-electron chi connectivity index (χ4n) is 2.26. The van der Waals surface area contributed by atoms with E-state index in [1.165, 1.54) is 22.8 Å². The quantitative estimate of drug-likeness (QED) is 0.717. The van der Waals surface area contributed by atoms with Crippen molar-refractivity contribution in [1.82, 2.24) is 14.3 Å². The number of amides is 2. The number of morpholine rings is 1. The van der Waals surface area contributed by atoms with Crippen molar-refractivity contribution in [2.45, 2.75) is 4.21 Å². The van der Waals surface area contributed by atoms with Crippen LogP contribution in [0.3, 0.4) is 0 Å². The Morgan fingerprint density at radius 2 is 1.88 bits per heavy atom. The molecule has 0 atom stereocenters. The first-order valence-electron chi connectivity index (χ1n) is 7.49. The number of primary amides is 1. The van der Waals surface area contributed by atoms with Crippen LogP contribution >= 0.6 is 11.3 Å². The lowest BCUT2D eigenvalue weighted by atomic mass is 10.3. The summed E-state index contributed by atoms with van der Waals surface area (Å²) in [6.45, 7) is 1.02. The van der Waals surface area contributed by atoms with E-state index in [0.29, 0.717) is 13.2 Å². The molecule has 12 heteroatoms. The van der Waals surface area contributed by atoms with E-state index in [1.807, 2.05) is 0 Å². The van der Waals surface area contributed by atoms with Gasteiger partial charge in [-0.2, -0.15) is 4.31 Å². The van der Waals surface area contributed by atoms with Gasteiger partial charge in [0.2, 0.25) is 5.82 Å². The van der Waals surface area contributed by atoms with Crippen LogP contribution in [0.4, 0.5) is 5.00 Å². The third-order valence-electron chi connectivity index (χ3n) is 3.54. The van der Waals surface area contributed by atoms with E-state index in [2.05, 4.69) is 15.3 Å². The van der Waals surface area contributed by atoms with Gasteiger partial charge < -0.3 is 15.8 Å². The zero-order valence-corrected chi connectivity index (χ0v) is 15.0. The highest BCUT2D eigenvalue weighted by Gasteiger charge is 2.30. The van der Waals surface area contributed by atoms with Crippen LogP contribution < -0.4 is 11.1 Å². The summed E-state index contributed by atoms with van der Waals surface area (Å²) in [4.78, 5) is 31.5. The number of carbonyl (C=O) groups is 2. The van der Waals surface area contributed by atoms with Gasteiger partial charge in [-0.25, -0.2) is 18.4 Å². The van der Waals surface area contributed by atoms with Crippen molar-refractivity contribution in [2.24, 2.45) is 5.73 Å². The molecule has 0 spiro atoms. The predicted molar refractivity (Wildman–Crippen MR) is 92.4 cm³/mol. The van der Waals surface area contributed by atoms with E-state index in [1.54, 1.807) is 6.07 Å². The smallest absolute Gasteiger partial charge is 0.294 e. The summed E-state index contributed by atoms with van der Waals surface area (Å²) in [6, 6.07) is 2.71. The van der Waals surface area contributed by atoms with Crippen LogP contribution in [0, 0.1) is 0 Å². The fourth-order valence-corrected chi connectivity index (χ4v) is 5.19. The molecule has 0 radical (unpaired) electrons. The number of rotatable bonds is 5. The largest absolute Gasteiger partial charge is 0.379 e. The summed E-state index contributed by atoms with van der Waals surface area (Å²) in [5, 5.41) is 2.48. The van der Waals surface area contributed by atoms with E-state index >= 15 is 0 Å².